The Kier molecular flexibility index (Phi) is 44.7. The van der Waals surface area contributed by atoms with Gasteiger partial charge in [0, 0.05) is 8.38 Å². The summed E-state index contributed by atoms with van der Waals surface area (Å²) in [6.45, 7) is 18.9. The van der Waals surface area contributed by atoms with Gasteiger partial charge in [-0.3, -0.25) is 9.41 Å². The maximum atomic E-state index is 12.4. The molecule has 4 unspecified atom stereocenters. The van der Waals surface area contributed by atoms with Crippen LogP contribution in [0, 0.1) is 6.92 Å². The van der Waals surface area contributed by atoms with E-state index in [1.165, 1.54) is 54.6 Å². The van der Waals surface area contributed by atoms with E-state index >= 15 is 0 Å². The molecule has 4 atom stereocenters. The number of nitrogens with one attached hydrogen (secondary N) is 1. The van der Waals surface area contributed by atoms with Crippen LogP contribution >= 0.6 is 28.9 Å². The third-order valence-electron chi connectivity index (χ3n) is 6.70. The fourth-order valence-corrected chi connectivity index (χ4v) is 2.31. The molecule has 0 aliphatic rings. The van der Waals surface area contributed by atoms with Crippen molar-refractivity contribution in [3.05, 3.63) is 77.4 Å². The molecule has 2 aromatic rings. The number of aliphatic hydroxyl groups excluding tert-OH is 1. The summed E-state index contributed by atoms with van der Waals surface area (Å²) in [5, 5.41) is 42.6. The monoisotopic (exact) mass is 1170 g/mol. The second kappa shape index (κ2) is 36.7. The minimum atomic E-state index is -5.69. The number of rotatable bonds is 3. The normalized spacial score (nSPS) is 13.8. The first-order valence-corrected chi connectivity index (χ1v) is 21.3. The SMILES string of the molecule is C=Cc1ccc(C(C)(O)C(F)(F)F)cc1.CC.CC.CC(C)(O)C(F)(F)F.CC(O)(C(F)(F)F)C(F)(F)F.CC(O)C(F)(F)F.Cc1ccc(C(C)(O)C(F)(F)F)cc1.F.F.PI.[3H]N([B])F.[3H][B]. The van der Waals surface area contributed by atoms with Gasteiger partial charge in [0.25, 0.3) is 5.60 Å². The molecule has 0 bridgehead atoms. The molecule has 2 aromatic carbocycles. The van der Waals surface area contributed by atoms with Gasteiger partial charge in [0.15, 0.2) is 16.8 Å². The van der Waals surface area contributed by atoms with Gasteiger partial charge in [0.2, 0.25) is 7.98 Å². The average Bonchev–Trinajstić information content (AvgIpc) is 3.16. The summed E-state index contributed by atoms with van der Waals surface area (Å²) in [6, 6.07) is 11.1. The number of aliphatic hydroxyl groups is 5. The van der Waals surface area contributed by atoms with Gasteiger partial charge < -0.3 is 25.5 Å². The van der Waals surface area contributed by atoms with Crippen molar-refractivity contribution in [2.45, 2.75) is 142 Å². The Bertz CT molecular complexity index is 1480. The molecule has 0 aliphatic heterocycles. The van der Waals surface area contributed by atoms with E-state index in [9.17, 15) is 93.7 Å². The summed E-state index contributed by atoms with van der Waals surface area (Å²) in [5.74, 6) is 0. The molecule has 0 spiro atoms. The van der Waals surface area contributed by atoms with Crippen LogP contribution < -0.4 is 5.44 Å². The van der Waals surface area contributed by atoms with Crippen molar-refractivity contribution < 1.29 is 120 Å². The standard InChI is InChI=1S/C11H11F3O.C10H11F3O.C4H4F6O.C4H7F3O.C3H5F3O.2C2H6.BFHN.BH.2FH.H2IP/c1-3-8-4-6-9(7-5-8)10(2,15)11(12,13)14;1-7-3-5-8(6-4-7)9(2,14)10(11,12)13;1-2(11,3(5,6)7)4(8,9)10;1-3(2,8)4(5,6)7;1-2(7)3(4,5)6;2*1-2;1-3-2;;;;1-2/h3-7,15H,1H2,2H3;3-6,14H,1-2H3;11H,1H3;8H,1-2H3;2,7H,1H3;2*1-2H3;3H;3*1H;2H2/i;;;;;;;3T;1T;;;. The average molecular weight is 1170 g/mol. The van der Waals surface area contributed by atoms with Crippen LogP contribution in [0.15, 0.2) is 55.1 Å². The zero-order chi connectivity index (χ0) is 56.8. The largest absolute Gasteiger partial charge is 0.425 e. The molecule has 400 valence electrons. The molecule has 31 heteroatoms. The number of halogens is 22. The van der Waals surface area contributed by atoms with E-state index in [0.717, 1.165) is 19.4 Å². The van der Waals surface area contributed by atoms with Crippen LogP contribution in [-0.4, -0.2) is 97.6 Å². The fraction of sp³-hybridized carbons (Fsp3) is 0.611. The van der Waals surface area contributed by atoms with E-state index in [4.69, 9.17) is 18.1 Å². The van der Waals surface area contributed by atoms with Gasteiger partial charge in [-0.1, -0.05) is 123 Å². The molecule has 0 heterocycles. The number of alkyl halides is 18. The highest BCUT2D eigenvalue weighted by Gasteiger charge is 2.67. The third kappa shape index (κ3) is 35.5. The fourth-order valence-electron chi connectivity index (χ4n) is 2.31. The van der Waals surface area contributed by atoms with Crippen molar-refractivity contribution in [3.63, 3.8) is 0 Å². The van der Waals surface area contributed by atoms with Crippen LogP contribution in [0.2, 0.25) is 1.41 Å². The highest BCUT2D eigenvalue weighted by atomic mass is 127. The Labute approximate surface area is 396 Å². The van der Waals surface area contributed by atoms with Gasteiger partial charge in [-0.25, -0.2) is 5.44 Å². The molecule has 2 rings (SSSR count). The summed E-state index contributed by atoms with van der Waals surface area (Å²) < 4.78 is 230. The van der Waals surface area contributed by atoms with Crippen LogP contribution in [0.5, 0.6) is 0 Å². The molecule has 6 N–H and O–H groups in total. The number of benzene rings is 2. The predicted octanol–water partition coefficient (Wildman–Crippen LogP) is 12.4. The second-order valence-electron chi connectivity index (χ2n) is 12.3. The summed E-state index contributed by atoms with van der Waals surface area (Å²) in [7, 11) is 7.69. The van der Waals surface area contributed by atoms with Crippen LogP contribution in [0.4, 0.5) is 92.9 Å². The first-order valence-electron chi connectivity index (χ1n) is 18.2. The first-order chi connectivity index (χ1) is 29.5. The molecular weight excluding hydrogens is 1100 g/mol. The number of hydrogen-bond donors (Lipinski definition) is 6. The zero-order valence-electron chi connectivity index (χ0n) is 39.3. The number of hydrogen-bond acceptors (Lipinski definition) is 6. The Hall–Kier alpha value is -2.24. The quantitative estimate of drug-likeness (QED) is 0.0600. The third-order valence-corrected chi connectivity index (χ3v) is 6.70. The Morgan fingerprint density at radius 1 is 0.612 bits per heavy atom. The molecule has 0 fully saturated rings. The lowest BCUT2D eigenvalue weighted by atomic mass is 9.94. The molecule has 0 aromatic heterocycles. The van der Waals surface area contributed by atoms with Crippen molar-refractivity contribution in [1.82, 2.24) is 5.44 Å². The van der Waals surface area contributed by atoms with Gasteiger partial charge in [0.1, 0.15) is 7.52 Å². The molecule has 0 aliphatic carbocycles. The van der Waals surface area contributed by atoms with Crippen molar-refractivity contribution in [3.8, 4) is 0 Å². The summed E-state index contributed by atoms with van der Waals surface area (Å²) in [5.41, 5.74) is -12.3. The van der Waals surface area contributed by atoms with Crippen molar-refractivity contribution in [2.75, 3.05) is 0 Å². The van der Waals surface area contributed by atoms with E-state index in [-0.39, 0.29) is 27.5 Å². The molecule has 0 saturated carbocycles. The molecule has 67 heavy (non-hydrogen) atoms. The zero-order valence-corrected chi connectivity index (χ0v) is 40.6. The lowest BCUT2D eigenvalue weighted by Gasteiger charge is -2.28. The smallest absolute Gasteiger partial charge is 0.384 e. The van der Waals surface area contributed by atoms with Crippen LogP contribution in [0.1, 0.15) is 91.5 Å². The van der Waals surface area contributed by atoms with E-state index < -0.39 is 71.0 Å². The van der Waals surface area contributed by atoms with E-state index in [2.05, 4.69) is 51.9 Å². The van der Waals surface area contributed by atoms with Gasteiger partial charge in [-0.15, -0.1) is 0 Å². The lowest BCUT2D eigenvalue weighted by Crippen LogP contribution is -2.54. The van der Waals surface area contributed by atoms with Crippen molar-refractivity contribution in [2.24, 2.45) is 0 Å². The molecule has 0 amide bonds. The van der Waals surface area contributed by atoms with Gasteiger partial charge in [0.05, 0.1) is 0 Å². The first kappa shape index (κ1) is 81.7. The maximum Gasteiger partial charge on any atom is 0.425 e. The van der Waals surface area contributed by atoms with E-state index in [0.29, 0.717) is 26.3 Å². The van der Waals surface area contributed by atoms with Gasteiger partial charge in [-0.2, -0.15) is 83.5 Å². The van der Waals surface area contributed by atoms with E-state index in [1.807, 2.05) is 27.7 Å². The van der Waals surface area contributed by atoms with Crippen LogP contribution in [0.3, 0.4) is 0 Å². The topological polar surface area (TPSA) is 113 Å². The molecule has 6 nitrogen and oxygen atoms in total. The minimum absolute atomic E-state index is 0. The Morgan fingerprint density at radius 3 is 0.925 bits per heavy atom. The predicted molar refractivity (Wildman–Crippen MR) is 230 cm³/mol. The Balaban J connectivity index is -0.0000000754. The van der Waals surface area contributed by atoms with Gasteiger partial charge in [-0.05, 0) is 66.5 Å². The van der Waals surface area contributed by atoms with Crippen LogP contribution in [-0.2, 0) is 11.2 Å². The Morgan fingerprint density at radius 2 is 0.806 bits per heavy atom. The minimum Gasteiger partial charge on any atom is -0.384 e. The van der Waals surface area contributed by atoms with Crippen molar-refractivity contribution >= 4 is 51.4 Å². The molecular formula is C36H56B2F21INO5P. The summed E-state index contributed by atoms with van der Waals surface area (Å²) >= 11 is 2.07. The second-order valence-corrected chi connectivity index (χ2v) is 12.3. The summed E-state index contributed by atoms with van der Waals surface area (Å²) in [4.78, 5) is 0. The maximum absolute atomic E-state index is 12.4. The molecule has 4 radical (unpaired) electrons. The molecule has 0 saturated heterocycles. The number of aryl methyl sites for hydroxylation is 1. The lowest BCUT2D eigenvalue weighted by molar-refractivity contribution is -0.360. The van der Waals surface area contributed by atoms with Crippen LogP contribution in [0.25, 0.3) is 6.08 Å². The van der Waals surface area contributed by atoms with Gasteiger partial charge >= 0.3 is 37.1 Å². The highest BCUT2D eigenvalue weighted by molar-refractivity contribution is 14.2. The van der Waals surface area contributed by atoms with E-state index in [1.54, 1.807) is 6.92 Å². The van der Waals surface area contributed by atoms with Crippen molar-refractivity contribution in [1.29, 1.82) is 1.34 Å². The summed E-state index contributed by atoms with van der Waals surface area (Å²) in [6.07, 6.45) is -30.3. The highest BCUT2D eigenvalue weighted by Crippen LogP contribution is 2.42.